The van der Waals surface area contributed by atoms with Crippen molar-refractivity contribution in [3.8, 4) is 5.75 Å². The first-order valence-corrected chi connectivity index (χ1v) is 9.75. The molecule has 2 unspecified atom stereocenters. The zero-order chi connectivity index (χ0) is 17.6. The molecule has 2 bridgehead atoms. The van der Waals surface area contributed by atoms with Gasteiger partial charge in [-0.3, -0.25) is 0 Å². The summed E-state index contributed by atoms with van der Waals surface area (Å²) in [5.74, 6) is 1.48. The molecule has 0 aromatic heterocycles. The van der Waals surface area contributed by atoms with E-state index in [4.69, 9.17) is 4.74 Å². The highest BCUT2D eigenvalue weighted by Gasteiger charge is 2.51. The molecule has 2 amide bonds. The minimum Gasteiger partial charge on any atom is -0.496 e. The lowest BCUT2D eigenvalue weighted by molar-refractivity contribution is 0.0184. The number of likely N-dealkylation sites (tertiary alicyclic amines) is 2. The molecular weight excluding hydrogens is 312 g/mol. The van der Waals surface area contributed by atoms with Gasteiger partial charge in [0.25, 0.3) is 0 Å². The average molecular weight is 342 g/mol. The van der Waals surface area contributed by atoms with E-state index in [9.17, 15) is 4.79 Å². The van der Waals surface area contributed by atoms with Gasteiger partial charge in [-0.2, -0.15) is 0 Å². The Labute approximate surface area is 151 Å². The predicted molar refractivity (Wildman–Crippen MR) is 99.2 cm³/mol. The van der Waals surface area contributed by atoms with Crippen molar-refractivity contribution in [3.05, 3.63) is 29.3 Å². The number of hydrogen-bond donors (Lipinski definition) is 0. The predicted octanol–water partition coefficient (Wildman–Crippen LogP) is 4.04. The highest BCUT2D eigenvalue weighted by Crippen LogP contribution is 2.53. The molecule has 25 heavy (non-hydrogen) atoms. The SMILES string of the molecule is COc1cccc2c1CC1N(C(=O)N3CCCCC3)CCC2C1(C)C. The molecule has 4 nitrogen and oxygen atoms in total. The van der Waals surface area contributed by atoms with E-state index in [1.54, 1.807) is 7.11 Å². The van der Waals surface area contributed by atoms with Crippen LogP contribution in [-0.4, -0.2) is 48.6 Å². The third-order valence-corrected chi connectivity index (χ3v) is 6.83. The molecule has 3 aliphatic rings. The molecule has 0 saturated carbocycles. The summed E-state index contributed by atoms with van der Waals surface area (Å²) < 4.78 is 5.64. The third-order valence-electron chi connectivity index (χ3n) is 6.83. The van der Waals surface area contributed by atoms with Crippen molar-refractivity contribution in [3.63, 3.8) is 0 Å². The van der Waals surface area contributed by atoms with Crippen LogP contribution in [0.5, 0.6) is 5.75 Å². The van der Waals surface area contributed by atoms with Crippen LogP contribution in [0.15, 0.2) is 18.2 Å². The van der Waals surface area contributed by atoms with Gasteiger partial charge in [-0.25, -0.2) is 4.79 Å². The number of ether oxygens (including phenoxy) is 1. The Morgan fingerprint density at radius 3 is 2.64 bits per heavy atom. The maximum atomic E-state index is 13.2. The van der Waals surface area contributed by atoms with E-state index in [0.29, 0.717) is 5.92 Å². The molecule has 2 heterocycles. The Kier molecular flexibility index (Phi) is 4.17. The molecule has 136 valence electrons. The molecule has 2 saturated heterocycles. The van der Waals surface area contributed by atoms with Crippen molar-refractivity contribution in [2.45, 2.75) is 57.9 Å². The number of piperidine rings is 2. The summed E-state index contributed by atoms with van der Waals surface area (Å²) in [7, 11) is 1.75. The Morgan fingerprint density at radius 2 is 1.92 bits per heavy atom. The molecule has 2 aliphatic heterocycles. The fourth-order valence-electron chi connectivity index (χ4n) is 5.37. The van der Waals surface area contributed by atoms with Gasteiger partial charge in [0.2, 0.25) is 0 Å². The number of amides is 2. The topological polar surface area (TPSA) is 32.8 Å². The number of nitrogens with zero attached hydrogens (tertiary/aromatic N) is 2. The van der Waals surface area contributed by atoms with Crippen LogP contribution in [0.4, 0.5) is 4.79 Å². The molecule has 2 fully saturated rings. The van der Waals surface area contributed by atoms with Crippen LogP contribution in [0.25, 0.3) is 0 Å². The van der Waals surface area contributed by atoms with Crippen LogP contribution < -0.4 is 4.74 Å². The molecular formula is C21H30N2O2. The summed E-state index contributed by atoms with van der Waals surface area (Å²) in [6, 6.07) is 6.95. The largest absolute Gasteiger partial charge is 0.496 e. The van der Waals surface area contributed by atoms with Gasteiger partial charge in [-0.1, -0.05) is 26.0 Å². The highest BCUT2D eigenvalue weighted by molar-refractivity contribution is 5.75. The van der Waals surface area contributed by atoms with Crippen molar-refractivity contribution < 1.29 is 9.53 Å². The minimum absolute atomic E-state index is 0.100. The van der Waals surface area contributed by atoms with E-state index in [2.05, 4.69) is 41.8 Å². The number of carbonyl (C=O) groups is 1. The van der Waals surface area contributed by atoms with Gasteiger partial charge in [0.15, 0.2) is 0 Å². The van der Waals surface area contributed by atoms with E-state index < -0.39 is 0 Å². The van der Waals surface area contributed by atoms with Crippen LogP contribution in [0, 0.1) is 5.41 Å². The minimum atomic E-state index is 0.100. The first-order valence-electron chi connectivity index (χ1n) is 9.75. The van der Waals surface area contributed by atoms with Crippen LogP contribution in [0.1, 0.15) is 56.6 Å². The number of carbonyl (C=O) groups excluding carboxylic acids is 1. The second-order valence-corrected chi connectivity index (χ2v) is 8.43. The monoisotopic (exact) mass is 342 g/mol. The van der Waals surface area contributed by atoms with E-state index in [0.717, 1.165) is 51.1 Å². The Morgan fingerprint density at radius 1 is 1.16 bits per heavy atom. The molecule has 0 N–H and O–H groups in total. The van der Waals surface area contributed by atoms with Crippen LogP contribution in [-0.2, 0) is 6.42 Å². The van der Waals surface area contributed by atoms with Gasteiger partial charge < -0.3 is 14.5 Å². The summed E-state index contributed by atoms with van der Waals surface area (Å²) >= 11 is 0. The lowest BCUT2D eigenvalue weighted by atomic mass is 9.59. The fraction of sp³-hybridized carbons (Fsp3) is 0.667. The number of benzene rings is 1. The number of rotatable bonds is 1. The molecule has 4 rings (SSSR count). The van der Waals surface area contributed by atoms with E-state index in [1.165, 1.54) is 17.5 Å². The lowest BCUT2D eigenvalue weighted by Gasteiger charge is -2.55. The highest BCUT2D eigenvalue weighted by atomic mass is 16.5. The second kappa shape index (κ2) is 6.22. The third kappa shape index (κ3) is 2.61. The van der Waals surface area contributed by atoms with Crippen molar-refractivity contribution in [2.24, 2.45) is 5.41 Å². The standard InChI is InChI=1S/C21H30N2O2/c1-21(2)17-10-13-23(20(24)22-11-5-4-6-12-22)19(21)14-16-15(17)8-7-9-18(16)25-3/h7-9,17,19H,4-6,10-14H2,1-3H3. The summed E-state index contributed by atoms with van der Waals surface area (Å²) in [6.45, 7) is 7.42. The zero-order valence-corrected chi connectivity index (χ0v) is 15.8. The summed E-state index contributed by atoms with van der Waals surface area (Å²) in [5, 5.41) is 0. The maximum absolute atomic E-state index is 13.2. The van der Waals surface area contributed by atoms with Gasteiger partial charge >= 0.3 is 6.03 Å². The molecule has 2 atom stereocenters. The second-order valence-electron chi connectivity index (χ2n) is 8.43. The molecule has 1 aromatic carbocycles. The van der Waals surface area contributed by atoms with Gasteiger partial charge in [0, 0.05) is 25.7 Å². The van der Waals surface area contributed by atoms with Crippen molar-refractivity contribution in [1.29, 1.82) is 0 Å². The maximum Gasteiger partial charge on any atom is 0.320 e. The van der Waals surface area contributed by atoms with Crippen LogP contribution in [0.2, 0.25) is 0 Å². The van der Waals surface area contributed by atoms with Crippen LogP contribution >= 0.6 is 0 Å². The van der Waals surface area contributed by atoms with Gasteiger partial charge in [-0.05, 0) is 60.6 Å². The normalized spacial score (nSPS) is 27.6. The first-order chi connectivity index (χ1) is 12.0. The Hall–Kier alpha value is -1.71. The Balaban J connectivity index is 1.68. The van der Waals surface area contributed by atoms with Crippen molar-refractivity contribution in [1.82, 2.24) is 9.80 Å². The van der Waals surface area contributed by atoms with Gasteiger partial charge in [0.1, 0.15) is 5.75 Å². The summed E-state index contributed by atoms with van der Waals surface area (Å²) in [6.07, 6.45) is 5.50. The molecule has 4 heteroatoms. The van der Waals surface area contributed by atoms with Crippen LogP contribution in [0.3, 0.4) is 0 Å². The number of methoxy groups -OCH3 is 1. The number of hydrogen-bond acceptors (Lipinski definition) is 2. The summed E-state index contributed by atoms with van der Waals surface area (Å²) in [5.41, 5.74) is 2.85. The average Bonchev–Trinajstić information content (AvgIpc) is 2.61. The molecule has 1 aliphatic carbocycles. The molecule has 0 radical (unpaired) electrons. The van der Waals surface area contributed by atoms with E-state index >= 15 is 0 Å². The first kappa shape index (κ1) is 16.7. The van der Waals surface area contributed by atoms with Gasteiger partial charge in [0.05, 0.1) is 7.11 Å². The molecule has 0 spiro atoms. The number of fused-ring (bicyclic) bond motifs is 4. The van der Waals surface area contributed by atoms with Crippen molar-refractivity contribution >= 4 is 6.03 Å². The van der Waals surface area contributed by atoms with Gasteiger partial charge in [-0.15, -0.1) is 0 Å². The van der Waals surface area contributed by atoms with Crippen molar-refractivity contribution in [2.75, 3.05) is 26.7 Å². The smallest absolute Gasteiger partial charge is 0.320 e. The summed E-state index contributed by atoms with van der Waals surface area (Å²) in [4.78, 5) is 17.5. The Bertz CT molecular complexity index is 664. The fourth-order valence-corrected chi connectivity index (χ4v) is 5.37. The quantitative estimate of drug-likeness (QED) is 0.771. The molecule has 1 aromatic rings. The van der Waals surface area contributed by atoms with E-state index in [1.807, 2.05) is 0 Å². The number of urea groups is 1. The lowest BCUT2D eigenvalue weighted by Crippen LogP contribution is -2.61. The zero-order valence-electron chi connectivity index (χ0n) is 15.8. The van der Waals surface area contributed by atoms with E-state index in [-0.39, 0.29) is 17.5 Å².